The summed E-state index contributed by atoms with van der Waals surface area (Å²) in [6.45, 7) is 0. The molecule has 1 rings (SSSR count). The molecular formula is C5H9BrCl3InN2. The van der Waals surface area contributed by atoms with Gasteiger partial charge in [0, 0.05) is 0 Å². The van der Waals surface area contributed by atoms with Crippen molar-refractivity contribution in [2.75, 3.05) is 0 Å². The Labute approximate surface area is 93.0 Å². The van der Waals surface area contributed by atoms with Crippen LogP contribution in [0.4, 0.5) is 0 Å². The van der Waals surface area contributed by atoms with Crippen molar-refractivity contribution in [1.29, 1.82) is 0 Å². The number of aromatic nitrogens is 2. The number of nitrogens with zero attached hydrogens (tertiary/aromatic N) is 2. The van der Waals surface area contributed by atoms with Crippen LogP contribution in [0.3, 0.4) is 0 Å². The zero-order valence-corrected chi connectivity index (χ0v) is 13.9. The molecule has 1 aromatic rings. The maximum atomic E-state index is 5.20. The molecule has 0 aromatic carbocycles. The summed E-state index contributed by atoms with van der Waals surface area (Å²) in [7, 11) is 19.6. The molecule has 0 atom stereocenters. The van der Waals surface area contributed by atoms with Crippen LogP contribution in [0.2, 0.25) is 0 Å². The van der Waals surface area contributed by atoms with Gasteiger partial charge >= 0.3 is 52.1 Å². The van der Waals surface area contributed by atoms with Gasteiger partial charge in [-0.25, -0.2) is 9.13 Å². The molecule has 0 saturated carbocycles. The SMILES string of the molecule is Cn1cc[n+](C)c1.[Cl][In-]([Cl])([Cl])[Br]. The van der Waals surface area contributed by atoms with Gasteiger partial charge in [0.15, 0.2) is 0 Å². The van der Waals surface area contributed by atoms with E-state index in [-0.39, 0.29) is 0 Å². The van der Waals surface area contributed by atoms with Crippen molar-refractivity contribution in [1.82, 2.24) is 4.57 Å². The van der Waals surface area contributed by atoms with E-state index < -0.39 is 14.1 Å². The van der Waals surface area contributed by atoms with Crippen LogP contribution >= 0.6 is 38.0 Å². The van der Waals surface area contributed by atoms with Crippen LogP contribution in [0.1, 0.15) is 0 Å². The predicted molar refractivity (Wildman–Crippen MR) is 58.8 cm³/mol. The summed E-state index contributed by atoms with van der Waals surface area (Å²) in [4.78, 5) is 0. The molecule has 12 heavy (non-hydrogen) atoms. The molecule has 0 N–H and O–H groups in total. The summed E-state index contributed by atoms with van der Waals surface area (Å²) >= 11 is -0.140. The van der Waals surface area contributed by atoms with Crippen LogP contribution < -0.4 is 4.57 Å². The molecule has 0 unspecified atom stereocenters. The standard InChI is InChI=1S/C5H9N2.BrH.3ClH.In/c1-6-3-4-7(2)5-6;;;;;/h3-5H,1-2H3;4*1H;/q+1;;;;;+3/p-4. The van der Waals surface area contributed by atoms with Crippen molar-refractivity contribution in [2.24, 2.45) is 14.1 Å². The molecule has 2 nitrogen and oxygen atoms in total. The molecule has 0 aliphatic heterocycles. The van der Waals surface area contributed by atoms with Crippen molar-refractivity contribution < 1.29 is 4.57 Å². The quantitative estimate of drug-likeness (QED) is 0.594. The number of rotatable bonds is 0. The summed E-state index contributed by atoms with van der Waals surface area (Å²) in [5.74, 6) is 0. The van der Waals surface area contributed by atoms with Crippen molar-refractivity contribution in [2.45, 2.75) is 0 Å². The minimum atomic E-state index is -3.03. The summed E-state index contributed by atoms with van der Waals surface area (Å²) in [6.07, 6.45) is 6.00. The maximum absolute atomic E-state index is 5.20. The van der Waals surface area contributed by atoms with E-state index >= 15 is 0 Å². The van der Waals surface area contributed by atoms with Gasteiger partial charge < -0.3 is 0 Å². The first-order chi connectivity index (χ1) is 5.29. The van der Waals surface area contributed by atoms with Gasteiger partial charge in [0.1, 0.15) is 12.4 Å². The Morgan fingerprint density at radius 3 is 1.92 bits per heavy atom. The van der Waals surface area contributed by atoms with Gasteiger partial charge in [-0.15, -0.1) is 0 Å². The monoisotopic (exact) mass is 396 g/mol. The Bertz CT molecular complexity index is 212. The fraction of sp³-hybridized carbons (Fsp3) is 0.400. The van der Waals surface area contributed by atoms with Crippen LogP contribution in [0.15, 0.2) is 18.7 Å². The second-order valence-corrected chi connectivity index (χ2v) is 42.6. The molecule has 1 aromatic heterocycles. The number of aryl methyl sites for hydroxylation is 2. The van der Waals surface area contributed by atoms with Crippen LogP contribution in [-0.4, -0.2) is 18.7 Å². The molecule has 0 amide bonds. The molecule has 0 bridgehead atoms. The van der Waals surface area contributed by atoms with E-state index in [0.717, 1.165) is 0 Å². The average molecular weight is 398 g/mol. The third-order valence-electron chi connectivity index (χ3n) is 0.901. The van der Waals surface area contributed by atoms with E-state index in [1.807, 2.05) is 42.0 Å². The first-order valence-corrected chi connectivity index (χ1v) is 23.0. The molecule has 0 saturated heterocycles. The van der Waals surface area contributed by atoms with Gasteiger partial charge in [-0.05, 0) is 0 Å². The number of halogens is 4. The van der Waals surface area contributed by atoms with Crippen LogP contribution in [0.25, 0.3) is 0 Å². The summed E-state index contributed by atoms with van der Waals surface area (Å²) in [5, 5.41) is 0. The van der Waals surface area contributed by atoms with E-state index in [0.29, 0.717) is 0 Å². The zero-order valence-electron chi connectivity index (χ0n) is 6.72. The molecule has 7 heteroatoms. The summed E-state index contributed by atoms with van der Waals surface area (Å²) in [6, 6.07) is 0. The van der Waals surface area contributed by atoms with Crippen LogP contribution in [-0.2, 0) is 14.1 Å². The molecule has 0 aliphatic carbocycles. The molecular weight excluding hydrogens is 389 g/mol. The second kappa shape index (κ2) is 6.02. The molecule has 0 radical (unpaired) electrons. The van der Waals surface area contributed by atoms with Crippen molar-refractivity contribution in [3.8, 4) is 0 Å². The molecule has 0 spiro atoms. The normalized spacial score (nSPS) is 10.5. The fourth-order valence-electron chi connectivity index (χ4n) is 0.575. The zero-order chi connectivity index (χ0) is 9.78. The van der Waals surface area contributed by atoms with Crippen LogP contribution in [0, 0.1) is 0 Å². The Hall–Kier alpha value is 1.43. The molecule has 0 fully saturated rings. The van der Waals surface area contributed by atoms with Gasteiger partial charge in [0.05, 0.1) is 14.1 Å². The third-order valence-corrected chi connectivity index (χ3v) is 0.901. The first kappa shape index (κ1) is 13.4. The van der Waals surface area contributed by atoms with E-state index in [1.54, 1.807) is 0 Å². The Balaban J connectivity index is 0.000000217. The molecule has 1 heterocycles. The Kier molecular flexibility index (Phi) is 6.73. The van der Waals surface area contributed by atoms with Gasteiger partial charge in [-0.2, -0.15) is 0 Å². The summed E-state index contributed by atoms with van der Waals surface area (Å²) < 4.78 is 4.00. The second-order valence-electron chi connectivity index (χ2n) is 2.24. The molecule has 70 valence electrons. The number of hydrogen-bond donors (Lipinski definition) is 0. The third kappa shape index (κ3) is 11.4. The minimum absolute atomic E-state index is 2.00. The predicted octanol–water partition coefficient (Wildman–Crippen LogP) is 2.38. The van der Waals surface area contributed by atoms with Crippen molar-refractivity contribution in [3.63, 3.8) is 0 Å². The summed E-state index contributed by atoms with van der Waals surface area (Å²) in [5.41, 5.74) is 0. The van der Waals surface area contributed by atoms with Gasteiger partial charge in [0.2, 0.25) is 6.33 Å². The Morgan fingerprint density at radius 2 is 1.83 bits per heavy atom. The Morgan fingerprint density at radius 1 is 1.42 bits per heavy atom. The van der Waals surface area contributed by atoms with Crippen molar-refractivity contribution in [3.05, 3.63) is 18.7 Å². The fourth-order valence-corrected chi connectivity index (χ4v) is 0.575. The van der Waals surface area contributed by atoms with Gasteiger partial charge in [0.25, 0.3) is 0 Å². The topological polar surface area (TPSA) is 8.81 Å². The van der Waals surface area contributed by atoms with E-state index in [2.05, 4.69) is 12.3 Å². The van der Waals surface area contributed by atoms with E-state index in [9.17, 15) is 0 Å². The van der Waals surface area contributed by atoms with Crippen molar-refractivity contribution >= 4 is 52.1 Å². The molecule has 0 aliphatic rings. The van der Waals surface area contributed by atoms with Crippen LogP contribution in [0.5, 0.6) is 0 Å². The van der Waals surface area contributed by atoms with E-state index in [1.165, 1.54) is 0 Å². The van der Waals surface area contributed by atoms with E-state index in [4.69, 9.17) is 25.7 Å². The first-order valence-electron chi connectivity index (χ1n) is 3.13. The van der Waals surface area contributed by atoms with Gasteiger partial charge in [-0.1, -0.05) is 0 Å². The number of hydrogen-bond acceptors (Lipinski definition) is 0. The average Bonchev–Trinajstić information content (AvgIpc) is 2.09. The van der Waals surface area contributed by atoms with Gasteiger partial charge in [-0.3, -0.25) is 0 Å². The number of imidazole rings is 1.